The normalized spacial score (nSPS) is 12.8. The van der Waals surface area contributed by atoms with E-state index in [1.54, 1.807) is 0 Å². The number of carbonyl (C=O) groups is 1. The molecule has 1 atom stereocenters. The van der Waals surface area contributed by atoms with Crippen LogP contribution in [0.5, 0.6) is 0 Å². The van der Waals surface area contributed by atoms with Gasteiger partial charge < -0.3 is 10.6 Å². The van der Waals surface area contributed by atoms with Crippen molar-refractivity contribution >= 4 is 11.6 Å². The van der Waals surface area contributed by atoms with Gasteiger partial charge in [-0.3, -0.25) is 4.79 Å². The van der Waals surface area contributed by atoms with E-state index >= 15 is 0 Å². The molecule has 0 bridgehead atoms. The van der Waals surface area contributed by atoms with Crippen molar-refractivity contribution in [3.63, 3.8) is 0 Å². The summed E-state index contributed by atoms with van der Waals surface area (Å²) in [6.07, 6.45) is 1.44. The number of rotatable bonds is 5. The monoisotopic (exact) mass is 347 g/mol. The van der Waals surface area contributed by atoms with Crippen LogP contribution in [-0.4, -0.2) is 5.91 Å². The largest absolute Gasteiger partial charge is 0.360 e. The van der Waals surface area contributed by atoms with E-state index in [0.717, 1.165) is 11.3 Å². The van der Waals surface area contributed by atoms with Gasteiger partial charge in [-0.15, -0.1) is 0 Å². The zero-order valence-electron chi connectivity index (χ0n) is 15.7. The molecule has 0 spiro atoms. The molecule has 1 amide bonds. The molecular formula is C22H25N3O. The van der Waals surface area contributed by atoms with Gasteiger partial charge in [-0.25, -0.2) is 0 Å². The molecule has 0 aliphatic rings. The molecule has 0 aromatic heterocycles. The highest BCUT2D eigenvalue weighted by atomic mass is 16.1. The number of carbonyl (C=O) groups excluding carboxylic acids is 1. The van der Waals surface area contributed by atoms with Gasteiger partial charge in [0, 0.05) is 11.9 Å². The molecular weight excluding hydrogens is 322 g/mol. The van der Waals surface area contributed by atoms with Crippen LogP contribution >= 0.6 is 0 Å². The summed E-state index contributed by atoms with van der Waals surface area (Å²) in [7, 11) is 0. The Labute approximate surface area is 155 Å². The molecule has 0 saturated heterocycles. The first-order valence-corrected chi connectivity index (χ1v) is 8.64. The summed E-state index contributed by atoms with van der Waals surface area (Å²) < 4.78 is 0. The zero-order chi connectivity index (χ0) is 19.2. The maximum Gasteiger partial charge on any atom is 0.263 e. The van der Waals surface area contributed by atoms with Crippen LogP contribution in [0.1, 0.15) is 44.9 Å². The highest BCUT2D eigenvalue weighted by molar-refractivity contribution is 5.97. The van der Waals surface area contributed by atoms with Gasteiger partial charge in [0.1, 0.15) is 11.6 Å². The van der Waals surface area contributed by atoms with E-state index in [9.17, 15) is 10.1 Å². The summed E-state index contributed by atoms with van der Waals surface area (Å²) in [6.45, 7) is 8.35. The Hall–Kier alpha value is -3.06. The Morgan fingerprint density at radius 3 is 2.23 bits per heavy atom. The summed E-state index contributed by atoms with van der Waals surface area (Å²) >= 11 is 0. The minimum atomic E-state index is -0.400. The van der Waals surface area contributed by atoms with Crippen LogP contribution in [0.2, 0.25) is 0 Å². The Morgan fingerprint density at radius 2 is 1.69 bits per heavy atom. The SMILES string of the molecule is CC(NC(=O)/C(C#N)=C\Nc1ccc(C(C)(C)C)cc1)c1ccccc1. The van der Waals surface area contributed by atoms with Gasteiger partial charge in [-0.05, 0) is 35.6 Å². The zero-order valence-corrected chi connectivity index (χ0v) is 15.7. The summed E-state index contributed by atoms with van der Waals surface area (Å²) in [5, 5.41) is 15.2. The van der Waals surface area contributed by atoms with E-state index in [4.69, 9.17) is 0 Å². The molecule has 2 aromatic rings. The maximum atomic E-state index is 12.3. The van der Waals surface area contributed by atoms with Crippen molar-refractivity contribution in [3.8, 4) is 6.07 Å². The van der Waals surface area contributed by atoms with Crippen LogP contribution in [0.4, 0.5) is 5.69 Å². The van der Waals surface area contributed by atoms with Gasteiger partial charge in [0.25, 0.3) is 5.91 Å². The van der Waals surface area contributed by atoms with Gasteiger partial charge in [0.05, 0.1) is 6.04 Å². The minimum Gasteiger partial charge on any atom is -0.360 e. The Kier molecular flexibility index (Phi) is 6.19. The lowest BCUT2D eigenvalue weighted by Gasteiger charge is -2.19. The first-order chi connectivity index (χ1) is 12.3. The summed E-state index contributed by atoms with van der Waals surface area (Å²) in [5.41, 5.74) is 3.16. The maximum absolute atomic E-state index is 12.3. The predicted octanol–water partition coefficient (Wildman–Crippen LogP) is 4.68. The third-order valence-corrected chi connectivity index (χ3v) is 4.15. The molecule has 0 fully saturated rings. The fraction of sp³-hybridized carbons (Fsp3) is 0.273. The van der Waals surface area contributed by atoms with Crippen molar-refractivity contribution in [2.45, 2.75) is 39.2 Å². The van der Waals surface area contributed by atoms with Gasteiger partial charge in [-0.1, -0.05) is 63.2 Å². The average Bonchev–Trinajstić information content (AvgIpc) is 2.62. The topological polar surface area (TPSA) is 64.9 Å². The van der Waals surface area contributed by atoms with Crippen molar-refractivity contribution in [2.75, 3.05) is 5.32 Å². The lowest BCUT2D eigenvalue weighted by molar-refractivity contribution is -0.117. The smallest absolute Gasteiger partial charge is 0.263 e. The van der Waals surface area contributed by atoms with Crippen molar-refractivity contribution < 1.29 is 4.79 Å². The first kappa shape index (κ1) is 19.3. The van der Waals surface area contributed by atoms with Crippen molar-refractivity contribution in [2.24, 2.45) is 0 Å². The fourth-order valence-electron chi connectivity index (χ4n) is 2.47. The second-order valence-electron chi connectivity index (χ2n) is 7.25. The van der Waals surface area contributed by atoms with Crippen LogP contribution in [0.25, 0.3) is 0 Å². The van der Waals surface area contributed by atoms with E-state index in [1.807, 2.05) is 67.6 Å². The Bertz CT molecular complexity index is 809. The fourth-order valence-corrected chi connectivity index (χ4v) is 2.47. The molecule has 2 rings (SSSR count). The molecule has 4 heteroatoms. The van der Waals surface area contributed by atoms with Gasteiger partial charge in [-0.2, -0.15) is 5.26 Å². The average molecular weight is 347 g/mol. The van der Waals surface area contributed by atoms with Crippen LogP contribution in [-0.2, 0) is 10.2 Å². The van der Waals surface area contributed by atoms with Gasteiger partial charge in [0.15, 0.2) is 0 Å². The second kappa shape index (κ2) is 8.35. The molecule has 2 N–H and O–H groups in total. The van der Waals surface area contributed by atoms with Crippen LogP contribution < -0.4 is 10.6 Å². The first-order valence-electron chi connectivity index (χ1n) is 8.64. The van der Waals surface area contributed by atoms with Crippen molar-refractivity contribution in [1.82, 2.24) is 5.32 Å². The van der Waals surface area contributed by atoms with Crippen molar-refractivity contribution in [3.05, 3.63) is 77.5 Å². The molecule has 0 aliphatic heterocycles. The third kappa shape index (κ3) is 5.22. The Morgan fingerprint density at radius 1 is 1.08 bits per heavy atom. The van der Waals surface area contributed by atoms with Crippen molar-refractivity contribution in [1.29, 1.82) is 5.26 Å². The van der Waals surface area contributed by atoms with E-state index in [2.05, 4.69) is 31.4 Å². The van der Waals surface area contributed by atoms with Crippen LogP contribution in [0.3, 0.4) is 0 Å². The van der Waals surface area contributed by atoms with Crippen LogP contribution in [0.15, 0.2) is 66.4 Å². The number of nitrogens with one attached hydrogen (secondary N) is 2. The number of benzene rings is 2. The molecule has 4 nitrogen and oxygen atoms in total. The standard InChI is InChI=1S/C22H25N3O/c1-16(17-8-6-5-7-9-17)25-21(26)18(14-23)15-24-20-12-10-19(11-13-20)22(2,3)4/h5-13,15-16,24H,1-4H3,(H,25,26)/b18-15-. The molecule has 1 unspecified atom stereocenters. The number of amides is 1. The Balaban J connectivity index is 2.03. The second-order valence-corrected chi connectivity index (χ2v) is 7.25. The highest BCUT2D eigenvalue weighted by Gasteiger charge is 2.14. The minimum absolute atomic E-state index is 0.0349. The molecule has 26 heavy (non-hydrogen) atoms. The van der Waals surface area contributed by atoms with E-state index in [-0.39, 0.29) is 17.0 Å². The number of nitriles is 1. The third-order valence-electron chi connectivity index (χ3n) is 4.15. The number of hydrogen-bond acceptors (Lipinski definition) is 3. The lowest BCUT2D eigenvalue weighted by atomic mass is 9.87. The summed E-state index contributed by atoms with van der Waals surface area (Å²) in [5.74, 6) is -0.400. The summed E-state index contributed by atoms with van der Waals surface area (Å²) in [4.78, 5) is 12.3. The quantitative estimate of drug-likeness (QED) is 0.609. The van der Waals surface area contributed by atoms with E-state index in [0.29, 0.717) is 0 Å². The van der Waals surface area contributed by atoms with Gasteiger partial charge >= 0.3 is 0 Å². The molecule has 0 heterocycles. The molecule has 0 aliphatic carbocycles. The number of anilines is 1. The molecule has 0 saturated carbocycles. The lowest BCUT2D eigenvalue weighted by Crippen LogP contribution is -2.28. The number of hydrogen-bond donors (Lipinski definition) is 2. The molecule has 2 aromatic carbocycles. The predicted molar refractivity (Wildman–Crippen MR) is 105 cm³/mol. The molecule has 0 radical (unpaired) electrons. The van der Waals surface area contributed by atoms with E-state index in [1.165, 1.54) is 11.8 Å². The molecule has 134 valence electrons. The highest BCUT2D eigenvalue weighted by Crippen LogP contribution is 2.23. The summed E-state index contributed by atoms with van der Waals surface area (Å²) in [6, 6.07) is 19.4. The van der Waals surface area contributed by atoms with Gasteiger partial charge in [0.2, 0.25) is 0 Å². The van der Waals surface area contributed by atoms with Crippen LogP contribution in [0, 0.1) is 11.3 Å². The number of nitrogens with zero attached hydrogens (tertiary/aromatic N) is 1. The van der Waals surface area contributed by atoms with E-state index < -0.39 is 5.91 Å².